The number of anilines is 2. The minimum Gasteiger partial charge on any atom is -0.344 e. The summed E-state index contributed by atoms with van der Waals surface area (Å²) in [6.07, 6.45) is -2.19. The molecule has 0 radical (unpaired) electrons. The summed E-state index contributed by atoms with van der Waals surface area (Å²) >= 11 is 0. The molecule has 0 aromatic carbocycles. The highest BCUT2D eigenvalue weighted by atomic mass is 32.3. The van der Waals surface area contributed by atoms with E-state index in [9.17, 15) is 16.8 Å². The van der Waals surface area contributed by atoms with Crippen molar-refractivity contribution in [2.24, 2.45) is 0 Å². The summed E-state index contributed by atoms with van der Waals surface area (Å²) in [5.41, 5.74) is 0. The maximum absolute atomic E-state index is 10.5. The molecule has 0 saturated carbocycles. The predicted molar refractivity (Wildman–Crippen MR) is 75.7 cm³/mol. The van der Waals surface area contributed by atoms with Gasteiger partial charge >= 0.3 is 20.8 Å². The quantitative estimate of drug-likeness (QED) is 0.372. The first kappa shape index (κ1) is 18.5. The molecule has 1 aromatic rings. The molecular formula is C9H15N3O8S2. The highest BCUT2D eigenvalue weighted by molar-refractivity contribution is 7.81. The van der Waals surface area contributed by atoms with Gasteiger partial charge in [-0.05, 0) is 26.0 Å². The molecule has 2 unspecified atom stereocenters. The highest BCUT2D eigenvalue weighted by Crippen LogP contribution is 2.13. The molecule has 4 N–H and O–H groups in total. The zero-order valence-electron chi connectivity index (χ0n) is 11.5. The number of hydrogen-bond donors (Lipinski definition) is 4. The largest absolute Gasteiger partial charge is 0.399 e. The van der Waals surface area contributed by atoms with Gasteiger partial charge in [0.2, 0.25) is 0 Å². The lowest BCUT2D eigenvalue weighted by Crippen LogP contribution is -2.25. The first-order chi connectivity index (χ1) is 9.94. The van der Waals surface area contributed by atoms with Crippen molar-refractivity contribution in [3.63, 3.8) is 0 Å². The maximum atomic E-state index is 10.5. The van der Waals surface area contributed by atoms with Gasteiger partial charge in [0, 0.05) is 0 Å². The summed E-state index contributed by atoms with van der Waals surface area (Å²) in [7, 11) is -9.23. The molecule has 11 nitrogen and oxygen atoms in total. The second kappa shape index (κ2) is 7.17. The fourth-order valence-corrected chi connectivity index (χ4v) is 2.25. The summed E-state index contributed by atoms with van der Waals surface area (Å²) in [6, 6.07) is 4.48. The SMILES string of the molecule is CC(Nc1cccc(NC(C)OS(=O)(=O)O)n1)OS(=O)(=O)O. The zero-order valence-corrected chi connectivity index (χ0v) is 13.1. The normalized spacial score (nSPS) is 15.1. The van der Waals surface area contributed by atoms with Crippen LogP contribution in [0.1, 0.15) is 13.8 Å². The zero-order chi connectivity index (χ0) is 17.0. The van der Waals surface area contributed by atoms with Crippen LogP contribution in [0.15, 0.2) is 18.2 Å². The molecule has 0 aliphatic carbocycles. The van der Waals surface area contributed by atoms with Crippen molar-refractivity contribution < 1.29 is 34.3 Å². The topological polar surface area (TPSA) is 164 Å². The molecule has 0 aliphatic heterocycles. The molecule has 2 atom stereocenters. The number of aromatic nitrogens is 1. The van der Waals surface area contributed by atoms with Crippen LogP contribution in [0.25, 0.3) is 0 Å². The fraction of sp³-hybridized carbons (Fsp3) is 0.444. The second-order valence-electron chi connectivity index (χ2n) is 4.03. The van der Waals surface area contributed by atoms with Gasteiger partial charge in [-0.1, -0.05) is 6.07 Å². The summed E-state index contributed by atoms with van der Waals surface area (Å²) in [5, 5.41) is 5.08. The van der Waals surface area contributed by atoms with Crippen molar-refractivity contribution in [3.05, 3.63) is 18.2 Å². The van der Waals surface area contributed by atoms with Gasteiger partial charge in [-0.3, -0.25) is 9.11 Å². The molecule has 0 saturated heterocycles. The number of nitrogens with one attached hydrogen (secondary N) is 2. The maximum Gasteiger partial charge on any atom is 0.399 e. The molecule has 13 heteroatoms. The number of pyridine rings is 1. The molecule has 1 rings (SSSR count). The Bertz CT molecular complexity index is 648. The third-order valence-corrected chi connectivity index (χ3v) is 3.05. The lowest BCUT2D eigenvalue weighted by molar-refractivity contribution is 0.219. The molecule has 0 spiro atoms. The van der Waals surface area contributed by atoms with E-state index in [2.05, 4.69) is 24.0 Å². The van der Waals surface area contributed by atoms with Crippen molar-refractivity contribution in [1.82, 2.24) is 4.98 Å². The number of rotatable bonds is 8. The van der Waals surface area contributed by atoms with Gasteiger partial charge in [-0.25, -0.2) is 13.4 Å². The van der Waals surface area contributed by atoms with Crippen LogP contribution in [-0.2, 0) is 29.2 Å². The van der Waals surface area contributed by atoms with Crippen LogP contribution < -0.4 is 10.6 Å². The van der Waals surface area contributed by atoms with E-state index in [1.165, 1.54) is 32.0 Å². The molecule has 0 fully saturated rings. The van der Waals surface area contributed by atoms with Crippen LogP contribution in [0, 0.1) is 0 Å². The van der Waals surface area contributed by atoms with E-state index in [1.807, 2.05) is 0 Å². The lowest BCUT2D eigenvalue weighted by Gasteiger charge is -2.16. The van der Waals surface area contributed by atoms with Crippen LogP contribution in [0.3, 0.4) is 0 Å². The van der Waals surface area contributed by atoms with Crippen LogP contribution >= 0.6 is 0 Å². The third-order valence-electron chi connectivity index (χ3n) is 1.98. The number of nitrogens with zero attached hydrogens (tertiary/aromatic N) is 1. The minimum absolute atomic E-state index is 0.181. The first-order valence-electron chi connectivity index (χ1n) is 5.76. The van der Waals surface area contributed by atoms with Crippen LogP contribution in [0.4, 0.5) is 11.6 Å². The van der Waals surface area contributed by atoms with Crippen molar-refractivity contribution in [3.8, 4) is 0 Å². The number of hydrogen-bond acceptors (Lipinski definition) is 9. The second-order valence-corrected chi connectivity index (χ2v) is 6.12. The highest BCUT2D eigenvalue weighted by Gasteiger charge is 2.14. The van der Waals surface area contributed by atoms with E-state index in [0.717, 1.165) is 0 Å². The molecule has 1 heterocycles. The van der Waals surface area contributed by atoms with Gasteiger partial charge in [0.05, 0.1) is 0 Å². The molecular weight excluding hydrogens is 342 g/mol. The fourth-order valence-electron chi connectivity index (χ4n) is 1.42. The van der Waals surface area contributed by atoms with E-state index >= 15 is 0 Å². The average Bonchev–Trinajstić information content (AvgIpc) is 2.22. The van der Waals surface area contributed by atoms with Crippen molar-refractivity contribution in [1.29, 1.82) is 0 Å². The summed E-state index contributed by atoms with van der Waals surface area (Å²) in [6.45, 7) is 2.64. The lowest BCUT2D eigenvalue weighted by atomic mass is 10.4. The van der Waals surface area contributed by atoms with Crippen LogP contribution in [0.2, 0.25) is 0 Å². The Balaban J connectivity index is 2.70. The van der Waals surface area contributed by atoms with Gasteiger partial charge in [0.1, 0.15) is 24.1 Å². The summed E-state index contributed by atoms with van der Waals surface area (Å²) in [4.78, 5) is 3.98. The summed E-state index contributed by atoms with van der Waals surface area (Å²) < 4.78 is 67.7. The van der Waals surface area contributed by atoms with Gasteiger partial charge in [-0.15, -0.1) is 0 Å². The Morgan fingerprint density at radius 3 is 1.64 bits per heavy atom. The van der Waals surface area contributed by atoms with E-state index in [-0.39, 0.29) is 11.6 Å². The molecule has 1 aromatic heterocycles. The molecule has 22 heavy (non-hydrogen) atoms. The molecule has 126 valence electrons. The Labute approximate surface area is 127 Å². The van der Waals surface area contributed by atoms with E-state index in [4.69, 9.17) is 9.11 Å². The van der Waals surface area contributed by atoms with Crippen molar-refractivity contribution in [2.75, 3.05) is 10.6 Å². The Hall–Kier alpha value is -1.51. The Kier molecular flexibility index (Phi) is 6.04. The third kappa shape index (κ3) is 8.06. The standard InChI is InChI=1S/C9H15N3O8S2/c1-6(19-21(13,14)15)10-8-4-3-5-9(12-8)11-7(2)20-22(16,17)18/h3-7H,1-2H3,(H2,10,11,12)(H,13,14,15)(H,16,17,18). The van der Waals surface area contributed by atoms with Gasteiger partial charge in [-0.2, -0.15) is 16.8 Å². The molecule has 0 amide bonds. The molecule has 0 aliphatic rings. The Morgan fingerprint density at radius 2 is 1.32 bits per heavy atom. The van der Waals surface area contributed by atoms with E-state index in [1.54, 1.807) is 0 Å². The minimum atomic E-state index is -4.61. The van der Waals surface area contributed by atoms with Crippen molar-refractivity contribution in [2.45, 2.75) is 26.3 Å². The summed E-state index contributed by atoms with van der Waals surface area (Å²) in [5.74, 6) is 0.361. The molecule has 0 bridgehead atoms. The van der Waals surface area contributed by atoms with E-state index < -0.39 is 33.3 Å². The Morgan fingerprint density at radius 1 is 0.955 bits per heavy atom. The average molecular weight is 357 g/mol. The van der Waals surface area contributed by atoms with Crippen LogP contribution in [0.5, 0.6) is 0 Å². The van der Waals surface area contributed by atoms with Crippen LogP contribution in [-0.4, -0.2) is 43.4 Å². The van der Waals surface area contributed by atoms with Gasteiger partial charge in [0.15, 0.2) is 0 Å². The predicted octanol–water partition coefficient (Wildman–Crippen LogP) is 0.236. The smallest absolute Gasteiger partial charge is 0.344 e. The monoisotopic (exact) mass is 357 g/mol. The van der Waals surface area contributed by atoms with Crippen molar-refractivity contribution >= 4 is 32.4 Å². The van der Waals surface area contributed by atoms with E-state index in [0.29, 0.717) is 0 Å². The van der Waals surface area contributed by atoms with Gasteiger partial charge in [0.25, 0.3) is 0 Å². The first-order valence-corrected chi connectivity index (χ1v) is 8.49. The van der Waals surface area contributed by atoms with Gasteiger partial charge < -0.3 is 10.6 Å².